The maximum atomic E-state index is 11.9. The van der Waals surface area contributed by atoms with Gasteiger partial charge in [0.2, 0.25) is 5.91 Å². The van der Waals surface area contributed by atoms with Crippen LogP contribution in [0.2, 0.25) is 0 Å². The van der Waals surface area contributed by atoms with Gasteiger partial charge in [-0.15, -0.1) is 10.2 Å². The minimum absolute atomic E-state index is 0.0715. The highest BCUT2D eigenvalue weighted by Crippen LogP contribution is 2.33. The number of imide groups is 1. The third-order valence-corrected chi connectivity index (χ3v) is 6.44. The smallest absolute Gasteiger partial charge is 0.318 e. The summed E-state index contributed by atoms with van der Waals surface area (Å²) in [4.78, 5) is 22.8. The maximum Gasteiger partial charge on any atom is 0.318 e. The zero-order valence-electron chi connectivity index (χ0n) is 16.7. The van der Waals surface area contributed by atoms with Crippen LogP contribution in [0.15, 0.2) is 47.6 Å². The number of nitrogens with zero attached hydrogens (tertiary/aromatic N) is 3. The number of thioether (sulfide) groups is 1. The lowest BCUT2D eigenvalue weighted by Crippen LogP contribution is -2.36. The van der Waals surface area contributed by atoms with Gasteiger partial charge in [-0.1, -0.05) is 73.5 Å². The van der Waals surface area contributed by atoms with E-state index in [-0.39, 0.29) is 5.75 Å². The van der Waals surface area contributed by atoms with Crippen LogP contribution in [-0.2, 0) is 11.2 Å². The summed E-state index contributed by atoms with van der Waals surface area (Å²) in [5.41, 5.74) is 6.24. The van der Waals surface area contributed by atoms with Gasteiger partial charge in [0.1, 0.15) is 5.82 Å². The van der Waals surface area contributed by atoms with E-state index < -0.39 is 11.9 Å². The van der Waals surface area contributed by atoms with Gasteiger partial charge in [-0.3, -0.25) is 10.1 Å². The van der Waals surface area contributed by atoms with Gasteiger partial charge in [0.05, 0.1) is 5.75 Å². The van der Waals surface area contributed by atoms with Crippen LogP contribution in [0.3, 0.4) is 0 Å². The number of aromatic nitrogens is 3. The normalized spacial score (nSPS) is 14.7. The number of fused-ring (bicyclic) bond motifs is 1. The van der Waals surface area contributed by atoms with Gasteiger partial charge in [0.15, 0.2) is 5.16 Å². The molecule has 0 saturated heterocycles. The second-order valence-corrected chi connectivity index (χ2v) is 8.52. The van der Waals surface area contributed by atoms with Crippen LogP contribution in [0.5, 0.6) is 0 Å². The Morgan fingerprint density at radius 1 is 1.07 bits per heavy atom. The predicted octanol–water partition coefficient (Wildman–Crippen LogP) is 3.81. The average Bonchev–Trinajstić information content (AvgIpc) is 3.15. The average molecular weight is 424 g/mol. The molecule has 3 aromatic rings. The van der Waals surface area contributed by atoms with Crippen LogP contribution < -0.4 is 11.1 Å². The van der Waals surface area contributed by atoms with Crippen molar-refractivity contribution in [1.82, 2.24) is 20.1 Å². The van der Waals surface area contributed by atoms with Crippen molar-refractivity contribution in [2.24, 2.45) is 5.73 Å². The molecule has 2 aromatic carbocycles. The Bertz CT molecular complexity index is 1050. The topological polar surface area (TPSA) is 103 Å². The lowest BCUT2D eigenvalue weighted by molar-refractivity contribution is -0.117. The monoisotopic (exact) mass is 423 g/mol. The van der Waals surface area contributed by atoms with Crippen molar-refractivity contribution in [2.75, 3.05) is 5.75 Å². The van der Waals surface area contributed by atoms with Crippen LogP contribution in [0.25, 0.3) is 10.8 Å². The summed E-state index contributed by atoms with van der Waals surface area (Å²) in [6.45, 7) is 0. The first-order chi connectivity index (χ1) is 14.6. The highest BCUT2D eigenvalue weighted by atomic mass is 32.2. The fourth-order valence-corrected chi connectivity index (χ4v) is 4.98. The van der Waals surface area contributed by atoms with Gasteiger partial charge in [-0.2, -0.15) is 0 Å². The molecule has 0 aliphatic heterocycles. The van der Waals surface area contributed by atoms with E-state index in [0.29, 0.717) is 12.5 Å². The molecule has 30 heavy (non-hydrogen) atoms. The van der Waals surface area contributed by atoms with Crippen molar-refractivity contribution in [3.8, 4) is 0 Å². The van der Waals surface area contributed by atoms with Gasteiger partial charge >= 0.3 is 6.03 Å². The molecule has 0 spiro atoms. The zero-order valence-corrected chi connectivity index (χ0v) is 17.5. The van der Waals surface area contributed by atoms with Crippen LogP contribution in [-0.4, -0.2) is 32.5 Å². The number of amides is 3. The molecule has 7 nitrogen and oxygen atoms in total. The van der Waals surface area contributed by atoms with E-state index in [4.69, 9.17) is 5.73 Å². The van der Waals surface area contributed by atoms with Crippen molar-refractivity contribution >= 4 is 34.5 Å². The summed E-state index contributed by atoms with van der Waals surface area (Å²) < 4.78 is 2.21. The first kappa shape index (κ1) is 20.4. The molecule has 1 aromatic heterocycles. The van der Waals surface area contributed by atoms with Crippen molar-refractivity contribution in [2.45, 2.75) is 49.7 Å². The minimum atomic E-state index is -0.842. The summed E-state index contributed by atoms with van der Waals surface area (Å²) in [7, 11) is 0. The first-order valence-electron chi connectivity index (χ1n) is 10.2. The van der Waals surface area contributed by atoms with E-state index in [0.717, 1.165) is 23.8 Å². The van der Waals surface area contributed by atoms with E-state index in [1.165, 1.54) is 47.4 Å². The molecule has 3 amide bonds. The zero-order chi connectivity index (χ0) is 20.9. The number of urea groups is 1. The van der Waals surface area contributed by atoms with E-state index >= 15 is 0 Å². The molecular weight excluding hydrogens is 398 g/mol. The van der Waals surface area contributed by atoms with Crippen LogP contribution >= 0.6 is 11.8 Å². The number of nitrogens with one attached hydrogen (secondary N) is 1. The molecule has 156 valence electrons. The summed E-state index contributed by atoms with van der Waals surface area (Å²) in [6, 6.07) is 14.2. The second-order valence-electron chi connectivity index (χ2n) is 7.58. The molecule has 0 bridgehead atoms. The van der Waals surface area contributed by atoms with Crippen molar-refractivity contribution in [3.63, 3.8) is 0 Å². The Morgan fingerprint density at radius 2 is 1.83 bits per heavy atom. The number of carbonyl (C=O) groups is 2. The van der Waals surface area contributed by atoms with Crippen molar-refractivity contribution in [3.05, 3.63) is 53.9 Å². The quantitative estimate of drug-likeness (QED) is 0.587. The Hall–Kier alpha value is -2.87. The molecule has 0 radical (unpaired) electrons. The third kappa shape index (κ3) is 4.64. The highest BCUT2D eigenvalue weighted by Gasteiger charge is 2.24. The van der Waals surface area contributed by atoms with E-state index in [9.17, 15) is 9.59 Å². The van der Waals surface area contributed by atoms with Gasteiger partial charge in [-0.25, -0.2) is 4.79 Å². The van der Waals surface area contributed by atoms with Gasteiger partial charge in [0.25, 0.3) is 0 Å². The standard InChI is InChI=1S/C22H25N5O2S/c23-21(29)24-20(28)14-30-22-26-25-19(27(22)17-10-2-1-3-11-17)13-16-9-6-8-15-7-4-5-12-18(15)16/h4-9,12,17H,1-3,10-11,13-14H2,(H3,23,24,28,29). The number of carbonyl (C=O) groups excluding carboxylic acids is 2. The number of rotatable bonds is 6. The number of nitrogens with two attached hydrogens (primary N) is 1. The summed E-state index contributed by atoms with van der Waals surface area (Å²) in [5.74, 6) is 0.555. The summed E-state index contributed by atoms with van der Waals surface area (Å²) in [6.07, 6.45) is 6.47. The minimum Gasteiger partial charge on any atom is -0.351 e. The first-order valence-corrected chi connectivity index (χ1v) is 11.2. The highest BCUT2D eigenvalue weighted by molar-refractivity contribution is 7.99. The number of primary amides is 1. The molecule has 1 saturated carbocycles. The van der Waals surface area contributed by atoms with Gasteiger partial charge in [0, 0.05) is 12.5 Å². The predicted molar refractivity (Wildman–Crippen MR) is 117 cm³/mol. The van der Waals surface area contributed by atoms with Gasteiger partial charge < -0.3 is 10.3 Å². The largest absolute Gasteiger partial charge is 0.351 e. The lowest BCUT2D eigenvalue weighted by atomic mass is 9.95. The third-order valence-electron chi connectivity index (χ3n) is 5.50. The van der Waals surface area contributed by atoms with Crippen molar-refractivity contribution < 1.29 is 9.59 Å². The molecule has 1 aliphatic rings. The molecule has 0 atom stereocenters. The SMILES string of the molecule is NC(=O)NC(=O)CSc1nnc(Cc2cccc3ccccc23)n1C1CCCCC1. The van der Waals surface area contributed by atoms with Crippen LogP contribution in [0, 0.1) is 0 Å². The Labute approximate surface area is 179 Å². The molecule has 3 N–H and O–H groups in total. The molecule has 1 aliphatic carbocycles. The van der Waals surface area contributed by atoms with E-state index in [2.05, 4.69) is 56.5 Å². The molecule has 0 unspecified atom stereocenters. The maximum absolute atomic E-state index is 11.9. The second kappa shape index (κ2) is 9.30. The Balaban J connectivity index is 1.62. The molecule has 4 rings (SSSR count). The fraction of sp³-hybridized carbons (Fsp3) is 0.364. The van der Waals surface area contributed by atoms with E-state index in [1.54, 1.807) is 0 Å². The van der Waals surface area contributed by atoms with Crippen molar-refractivity contribution in [1.29, 1.82) is 0 Å². The Kier molecular flexibility index (Phi) is 6.32. The molecular formula is C22H25N5O2S. The number of hydrogen-bond acceptors (Lipinski definition) is 5. The molecule has 8 heteroatoms. The van der Waals surface area contributed by atoms with Gasteiger partial charge in [-0.05, 0) is 29.2 Å². The molecule has 1 fully saturated rings. The molecule has 1 heterocycles. The van der Waals surface area contributed by atoms with Crippen LogP contribution in [0.1, 0.15) is 49.5 Å². The van der Waals surface area contributed by atoms with E-state index in [1.807, 2.05) is 6.07 Å². The summed E-state index contributed by atoms with van der Waals surface area (Å²) >= 11 is 1.30. The Morgan fingerprint density at radius 3 is 2.63 bits per heavy atom. The number of hydrogen-bond donors (Lipinski definition) is 2. The number of benzene rings is 2. The summed E-state index contributed by atoms with van der Waals surface area (Å²) in [5, 5.41) is 14.1. The lowest BCUT2D eigenvalue weighted by Gasteiger charge is -2.25. The van der Waals surface area contributed by atoms with Crippen LogP contribution in [0.4, 0.5) is 4.79 Å². The fourth-order valence-electron chi connectivity index (χ4n) is 4.15.